The number of aromatic nitrogens is 1. The average molecular weight is 344 g/mol. The summed E-state index contributed by atoms with van der Waals surface area (Å²) in [6.07, 6.45) is 4.32. The van der Waals surface area contributed by atoms with E-state index in [-0.39, 0.29) is 5.91 Å². The van der Waals surface area contributed by atoms with Crippen LogP contribution in [0.25, 0.3) is 0 Å². The molecule has 2 heterocycles. The number of benzene rings is 1. The molecule has 1 amide bonds. The Kier molecular flexibility index (Phi) is 5.28. The molecule has 1 fully saturated rings. The molecule has 1 saturated heterocycles. The van der Waals surface area contributed by atoms with Crippen molar-refractivity contribution in [2.45, 2.75) is 18.9 Å². The normalized spacial score (nSPS) is 19.6. The molecule has 2 N–H and O–H groups in total. The second-order valence-electron chi connectivity index (χ2n) is 6.44. The van der Waals surface area contributed by atoms with Crippen LogP contribution in [-0.2, 0) is 11.8 Å². The first-order chi connectivity index (χ1) is 12.1. The van der Waals surface area contributed by atoms with Crippen molar-refractivity contribution in [3.05, 3.63) is 42.2 Å². The van der Waals surface area contributed by atoms with Gasteiger partial charge in [-0.05, 0) is 24.3 Å². The average Bonchev–Trinajstić information content (AvgIpc) is 3.23. The summed E-state index contributed by atoms with van der Waals surface area (Å²) in [5, 5.41) is 2.97. The van der Waals surface area contributed by atoms with Crippen LogP contribution in [0.3, 0.4) is 0 Å². The minimum absolute atomic E-state index is 0.000393. The van der Waals surface area contributed by atoms with E-state index in [9.17, 15) is 4.79 Å². The molecule has 1 aliphatic rings. The number of aryl methyl sites for hydroxylation is 1. The van der Waals surface area contributed by atoms with Crippen molar-refractivity contribution in [3.63, 3.8) is 0 Å². The van der Waals surface area contributed by atoms with E-state index in [1.54, 1.807) is 20.3 Å². The van der Waals surface area contributed by atoms with E-state index in [0.29, 0.717) is 29.8 Å². The van der Waals surface area contributed by atoms with Gasteiger partial charge in [-0.2, -0.15) is 0 Å². The maximum Gasteiger partial charge on any atom is 0.279 e. The highest BCUT2D eigenvalue weighted by Crippen LogP contribution is 2.28. The number of ether oxygens (including phenoxy) is 2. The molecule has 0 bridgehead atoms. The summed E-state index contributed by atoms with van der Waals surface area (Å²) < 4.78 is 12.7. The Balaban J connectivity index is 1.67. The first kappa shape index (κ1) is 17.4. The Morgan fingerprint density at radius 1 is 1.32 bits per heavy atom. The zero-order valence-electron chi connectivity index (χ0n) is 15.0. The zero-order chi connectivity index (χ0) is 17.8. The van der Waals surface area contributed by atoms with Gasteiger partial charge >= 0.3 is 0 Å². The molecule has 2 aromatic rings. The smallest absolute Gasteiger partial charge is 0.279 e. The molecule has 1 aliphatic heterocycles. The lowest BCUT2D eigenvalue weighted by Gasteiger charge is -2.22. The van der Waals surface area contributed by atoms with Crippen molar-refractivity contribution in [2.75, 3.05) is 32.6 Å². The number of rotatable bonds is 6. The summed E-state index contributed by atoms with van der Waals surface area (Å²) in [7, 11) is 5.25. The fourth-order valence-electron chi connectivity index (χ4n) is 3.62. The predicted octanol–water partition coefficient (Wildman–Crippen LogP) is 1.40. The van der Waals surface area contributed by atoms with E-state index < -0.39 is 0 Å². The van der Waals surface area contributed by atoms with Gasteiger partial charge < -0.3 is 24.3 Å². The fraction of sp³-hybridized carbons (Fsp3) is 0.421. The van der Waals surface area contributed by atoms with Gasteiger partial charge in [-0.25, -0.2) is 0 Å². The molecule has 25 heavy (non-hydrogen) atoms. The lowest BCUT2D eigenvalue weighted by Crippen LogP contribution is -3.11. The molecule has 0 aliphatic carbocycles. The molecule has 3 rings (SSSR count). The number of hydrogen-bond donors (Lipinski definition) is 2. The number of carbonyl (C=O) groups is 1. The summed E-state index contributed by atoms with van der Waals surface area (Å²) in [5.74, 6) is 1.30. The number of quaternary nitrogens is 1. The molecular formula is C19H26N3O3+. The molecule has 1 unspecified atom stereocenters. The maximum absolute atomic E-state index is 12.6. The topological polar surface area (TPSA) is 56.9 Å². The lowest BCUT2D eigenvalue weighted by molar-refractivity contribution is -0.910. The number of hydrogen-bond acceptors (Lipinski definition) is 3. The van der Waals surface area contributed by atoms with Gasteiger partial charge in [0.05, 0.1) is 32.1 Å². The fourth-order valence-corrected chi connectivity index (χ4v) is 3.62. The third-order valence-corrected chi connectivity index (χ3v) is 4.89. The zero-order valence-corrected chi connectivity index (χ0v) is 15.0. The van der Waals surface area contributed by atoms with E-state index >= 15 is 0 Å². The van der Waals surface area contributed by atoms with Crippen LogP contribution in [0.1, 0.15) is 24.6 Å². The summed E-state index contributed by atoms with van der Waals surface area (Å²) >= 11 is 0. The Labute approximate surface area is 148 Å². The minimum Gasteiger partial charge on any atom is -0.497 e. The van der Waals surface area contributed by atoms with Crippen LogP contribution in [0.2, 0.25) is 0 Å². The maximum atomic E-state index is 12.6. The largest absolute Gasteiger partial charge is 0.497 e. The molecule has 0 spiro atoms. The van der Waals surface area contributed by atoms with Crippen LogP contribution in [0.4, 0.5) is 5.69 Å². The monoisotopic (exact) mass is 344 g/mol. The highest BCUT2D eigenvalue weighted by atomic mass is 16.5. The van der Waals surface area contributed by atoms with E-state index in [4.69, 9.17) is 9.47 Å². The second-order valence-corrected chi connectivity index (χ2v) is 6.44. The summed E-state index contributed by atoms with van der Waals surface area (Å²) in [6.45, 7) is 1.47. The minimum atomic E-state index is -0.000393. The van der Waals surface area contributed by atoms with Crippen molar-refractivity contribution in [1.82, 2.24) is 4.57 Å². The van der Waals surface area contributed by atoms with E-state index in [2.05, 4.69) is 35.3 Å². The van der Waals surface area contributed by atoms with Crippen molar-refractivity contribution in [3.8, 4) is 11.5 Å². The third kappa shape index (κ3) is 3.79. The predicted molar refractivity (Wildman–Crippen MR) is 96.3 cm³/mol. The van der Waals surface area contributed by atoms with Gasteiger partial charge in [-0.15, -0.1) is 0 Å². The summed E-state index contributed by atoms with van der Waals surface area (Å²) in [6, 6.07) is 9.99. The van der Waals surface area contributed by atoms with Crippen LogP contribution in [0.5, 0.6) is 11.5 Å². The number of nitrogens with one attached hydrogen (secondary N) is 2. The number of carbonyl (C=O) groups excluding carboxylic acids is 1. The van der Waals surface area contributed by atoms with Crippen LogP contribution in [0, 0.1) is 0 Å². The number of methoxy groups -OCH3 is 2. The van der Waals surface area contributed by atoms with Gasteiger partial charge in [0.2, 0.25) is 0 Å². The van der Waals surface area contributed by atoms with E-state index in [0.717, 1.165) is 19.4 Å². The highest BCUT2D eigenvalue weighted by Gasteiger charge is 2.33. The molecule has 0 saturated carbocycles. The highest BCUT2D eigenvalue weighted by molar-refractivity contribution is 5.93. The van der Waals surface area contributed by atoms with Gasteiger partial charge in [-0.3, -0.25) is 4.79 Å². The Hall–Kier alpha value is -2.47. The quantitative estimate of drug-likeness (QED) is 0.833. The SMILES string of the molecule is COc1ccc(NC(=O)C[NH+]2CCC[C@H]2c2cccn2C)c(OC)c1. The second kappa shape index (κ2) is 7.61. The van der Waals surface area contributed by atoms with Gasteiger partial charge in [0.1, 0.15) is 17.5 Å². The molecule has 134 valence electrons. The van der Waals surface area contributed by atoms with Crippen LogP contribution < -0.4 is 19.7 Å². The molecule has 6 nitrogen and oxygen atoms in total. The molecule has 2 atom stereocenters. The Bertz CT molecular complexity index is 741. The van der Waals surface area contributed by atoms with Crippen LogP contribution in [0.15, 0.2) is 36.5 Å². The van der Waals surface area contributed by atoms with Crippen LogP contribution in [-0.4, -0.2) is 37.8 Å². The molecule has 6 heteroatoms. The van der Waals surface area contributed by atoms with Gasteiger partial charge in [0.25, 0.3) is 5.91 Å². The van der Waals surface area contributed by atoms with Crippen molar-refractivity contribution in [1.29, 1.82) is 0 Å². The Morgan fingerprint density at radius 2 is 2.16 bits per heavy atom. The molecule has 1 aromatic carbocycles. The molecule has 0 radical (unpaired) electrons. The number of amides is 1. The van der Waals surface area contributed by atoms with Crippen molar-refractivity contribution < 1.29 is 19.2 Å². The number of anilines is 1. The first-order valence-corrected chi connectivity index (χ1v) is 8.60. The number of likely N-dealkylation sites (tertiary alicyclic amines) is 1. The van der Waals surface area contributed by atoms with E-state index in [1.165, 1.54) is 10.6 Å². The summed E-state index contributed by atoms with van der Waals surface area (Å²) in [5.41, 5.74) is 1.96. The molecular weight excluding hydrogens is 318 g/mol. The number of nitrogens with zero attached hydrogens (tertiary/aromatic N) is 1. The van der Waals surface area contributed by atoms with Gasteiger partial charge in [0, 0.05) is 32.2 Å². The third-order valence-electron chi connectivity index (χ3n) is 4.89. The molecule has 1 aromatic heterocycles. The van der Waals surface area contributed by atoms with Crippen LogP contribution >= 0.6 is 0 Å². The first-order valence-electron chi connectivity index (χ1n) is 8.60. The van der Waals surface area contributed by atoms with Gasteiger partial charge in [0.15, 0.2) is 6.54 Å². The van der Waals surface area contributed by atoms with Gasteiger partial charge in [-0.1, -0.05) is 0 Å². The summed E-state index contributed by atoms with van der Waals surface area (Å²) in [4.78, 5) is 13.9. The Morgan fingerprint density at radius 3 is 2.84 bits per heavy atom. The standard InChI is InChI=1S/C19H25N3O3/c1-21-10-4-6-16(21)17-7-5-11-22(17)13-19(23)20-15-9-8-14(24-2)12-18(15)25-3/h4,6,8-10,12,17H,5,7,11,13H2,1-3H3,(H,20,23)/p+1/t17-/m0/s1. The lowest BCUT2D eigenvalue weighted by atomic mass is 10.1. The van der Waals surface area contributed by atoms with E-state index in [1.807, 2.05) is 12.1 Å². The van der Waals surface area contributed by atoms with Crippen molar-refractivity contribution >= 4 is 11.6 Å². The van der Waals surface area contributed by atoms with Crippen molar-refractivity contribution in [2.24, 2.45) is 7.05 Å².